The summed E-state index contributed by atoms with van der Waals surface area (Å²) in [6, 6.07) is 13.7. The maximum atomic E-state index is 13.3. The highest BCUT2D eigenvalue weighted by Crippen LogP contribution is 2.45. The van der Waals surface area contributed by atoms with Gasteiger partial charge in [-0.2, -0.15) is 0 Å². The van der Waals surface area contributed by atoms with Crippen molar-refractivity contribution < 1.29 is 13.9 Å². The minimum absolute atomic E-state index is 0.296. The molecule has 0 saturated heterocycles. The SMILES string of the molecule is CN(C)CCC[C@@]1(c2ccc(F)cc2)OC(=O)c2ccccc21. The number of nitrogens with zero attached hydrogens (tertiary/aromatic N) is 1. The molecule has 0 amide bonds. The number of hydrogen-bond acceptors (Lipinski definition) is 3. The Balaban J connectivity index is 2.05. The molecule has 0 spiro atoms. The van der Waals surface area contributed by atoms with Crippen LogP contribution in [0.2, 0.25) is 0 Å². The number of hydrogen-bond donors (Lipinski definition) is 0. The molecule has 0 fully saturated rings. The van der Waals surface area contributed by atoms with Crippen molar-refractivity contribution in [1.82, 2.24) is 4.90 Å². The second-order valence-electron chi connectivity index (χ2n) is 6.18. The molecule has 0 N–H and O–H groups in total. The fourth-order valence-corrected chi connectivity index (χ4v) is 3.19. The highest BCUT2D eigenvalue weighted by molar-refractivity contribution is 5.95. The molecule has 3 rings (SSSR count). The predicted molar refractivity (Wildman–Crippen MR) is 86.8 cm³/mol. The number of benzene rings is 2. The van der Waals surface area contributed by atoms with Crippen LogP contribution in [-0.4, -0.2) is 31.5 Å². The van der Waals surface area contributed by atoms with Gasteiger partial charge in [0.05, 0.1) is 5.56 Å². The summed E-state index contributed by atoms with van der Waals surface area (Å²) >= 11 is 0. The summed E-state index contributed by atoms with van der Waals surface area (Å²) < 4.78 is 19.2. The summed E-state index contributed by atoms with van der Waals surface area (Å²) in [4.78, 5) is 14.4. The van der Waals surface area contributed by atoms with Gasteiger partial charge in [0.2, 0.25) is 0 Å². The lowest BCUT2D eigenvalue weighted by Crippen LogP contribution is -2.29. The maximum absolute atomic E-state index is 13.3. The monoisotopic (exact) mass is 313 g/mol. The van der Waals surface area contributed by atoms with E-state index in [0.29, 0.717) is 12.0 Å². The van der Waals surface area contributed by atoms with Crippen LogP contribution in [0.4, 0.5) is 4.39 Å². The van der Waals surface area contributed by atoms with Crippen LogP contribution in [0.1, 0.15) is 34.3 Å². The molecule has 2 aromatic carbocycles. The summed E-state index contributed by atoms with van der Waals surface area (Å²) in [5.74, 6) is -0.607. The highest BCUT2D eigenvalue weighted by atomic mass is 19.1. The second-order valence-corrected chi connectivity index (χ2v) is 6.18. The fourth-order valence-electron chi connectivity index (χ4n) is 3.19. The number of cyclic esters (lactones) is 1. The van der Waals surface area contributed by atoms with Crippen LogP contribution in [0.3, 0.4) is 0 Å². The molecule has 0 aliphatic carbocycles. The zero-order valence-corrected chi connectivity index (χ0v) is 13.4. The molecule has 0 radical (unpaired) electrons. The van der Waals surface area contributed by atoms with Crippen molar-refractivity contribution in [3.8, 4) is 0 Å². The molecular weight excluding hydrogens is 293 g/mol. The quantitative estimate of drug-likeness (QED) is 0.790. The normalized spacial score (nSPS) is 19.7. The molecule has 0 unspecified atom stereocenters. The van der Waals surface area contributed by atoms with Gasteiger partial charge in [-0.05, 0) is 51.7 Å². The maximum Gasteiger partial charge on any atom is 0.339 e. The average molecular weight is 313 g/mol. The van der Waals surface area contributed by atoms with Crippen molar-refractivity contribution >= 4 is 5.97 Å². The second kappa shape index (κ2) is 6.13. The third kappa shape index (κ3) is 2.86. The van der Waals surface area contributed by atoms with Crippen LogP contribution in [0.15, 0.2) is 48.5 Å². The number of halogens is 1. The predicted octanol–water partition coefficient (Wildman–Crippen LogP) is 3.58. The molecule has 1 atom stereocenters. The first kappa shape index (κ1) is 15.7. The smallest absolute Gasteiger partial charge is 0.339 e. The van der Waals surface area contributed by atoms with Crippen molar-refractivity contribution in [2.24, 2.45) is 0 Å². The number of fused-ring (bicyclic) bond motifs is 1. The van der Waals surface area contributed by atoms with Crippen LogP contribution < -0.4 is 0 Å². The number of carbonyl (C=O) groups excluding carboxylic acids is 1. The van der Waals surface area contributed by atoms with Gasteiger partial charge in [-0.25, -0.2) is 9.18 Å². The Morgan fingerprint density at radius 1 is 1.09 bits per heavy atom. The van der Waals surface area contributed by atoms with E-state index < -0.39 is 5.60 Å². The molecule has 1 aliphatic heterocycles. The lowest BCUT2D eigenvalue weighted by Gasteiger charge is -2.30. The van der Waals surface area contributed by atoms with Crippen LogP contribution in [-0.2, 0) is 10.3 Å². The topological polar surface area (TPSA) is 29.5 Å². The first-order chi connectivity index (χ1) is 11.0. The number of rotatable bonds is 5. The number of carbonyl (C=O) groups is 1. The van der Waals surface area contributed by atoms with E-state index in [1.807, 2.05) is 32.3 Å². The van der Waals surface area contributed by atoms with E-state index in [2.05, 4.69) is 4.90 Å². The standard InChI is InChI=1S/C19H20FNO2/c1-21(2)13-5-12-19(14-8-10-15(20)11-9-14)17-7-4-3-6-16(17)18(22)23-19/h3-4,6-11H,5,12-13H2,1-2H3/t19-/m0/s1. The Morgan fingerprint density at radius 3 is 2.48 bits per heavy atom. The van der Waals surface area contributed by atoms with Gasteiger partial charge in [0, 0.05) is 11.1 Å². The first-order valence-corrected chi connectivity index (χ1v) is 7.76. The minimum Gasteiger partial charge on any atom is -0.446 e. The Kier molecular flexibility index (Phi) is 4.18. The summed E-state index contributed by atoms with van der Waals surface area (Å²) in [6.07, 6.45) is 1.53. The van der Waals surface area contributed by atoms with Gasteiger partial charge < -0.3 is 9.64 Å². The van der Waals surface area contributed by atoms with Crippen LogP contribution in [0.5, 0.6) is 0 Å². The molecule has 4 heteroatoms. The summed E-state index contributed by atoms with van der Waals surface area (Å²) in [6.45, 7) is 0.892. The minimum atomic E-state index is -0.822. The molecule has 23 heavy (non-hydrogen) atoms. The van der Waals surface area contributed by atoms with E-state index in [1.54, 1.807) is 18.2 Å². The summed E-state index contributed by atoms with van der Waals surface area (Å²) in [7, 11) is 4.03. The first-order valence-electron chi connectivity index (χ1n) is 7.76. The summed E-state index contributed by atoms with van der Waals surface area (Å²) in [5, 5.41) is 0. The van der Waals surface area contributed by atoms with Crippen molar-refractivity contribution in [3.63, 3.8) is 0 Å². The third-order valence-corrected chi connectivity index (χ3v) is 4.29. The lowest BCUT2D eigenvalue weighted by atomic mass is 9.82. The van der Waals surface area contributed by atoms with Gasteiger partial charge >= 0.3 is 5.97 Å². The Morgan fingerprint density at radius 2 is 1.78 bits per heavy atom. The molecule has 1 aliphatic rings. The third-order valence-electron chi connectivity index (χ3n) is 4.29. The molecule has 0 saturated carbocycles. The Labute approximate surface area is 135 Å². The van der Waals surface area contributed by atoms with Gasteiger partial charge in [0.1, 0.15) is 5.82 Å². The van der Waals surface area contributed by atoms with E-state index in [9.17, 15) is 9.18 Å². The van der Waals surface area contributed by atoms with E-state index in [1.165, 1.54) is 12.1 Å². The Bertz CT molecular complexity index is 712. The van der Waals surface area contributed by atoms with E-state index in [4.69, 9.17) is 4.74 Å². The van der Waals surface area contributed by atoms with Crippen LogP contribution in [0.25, 0.3) is 0 Å². The zero-order valence-electron chi connectivity index (χ0n) is 13.4. The molecule has 3 nitrogen and oxygen atoms in total. The van der Waals surface area contributed by atoms with Crippen LogP contribution in [0, 0.1) is 5.82 Å². The lowest BCUT2D eigenvalue weighted by molar-refractivity contribution is 0.00582. The van der Waals surface area contributed by atoms with Gasteiger partial charge in [0.15, 0.2) is 5.60 Å². The molecule has 0 bridgehead atoms. The van der Waals surface area contributed by atoms with Crippen LogP contribution >= 0.6 is 0 Å². The van der Waals surface area contributed by atoms with E-state index >= 15 is 0 Å². The van der Waals surface area contributed by atoms with Crippen molar-refractivity contribution in [1.29, 1.82) is 0 Å². The Hall–Kier alpha value is -2.20. The van der Waals surface area contributed by atoms with Crippen molar-refractivity contribution in [3.05, 3.63) is 71.0 Å². The molecule has 120 valence electrons. The largest absolute Gasteiger partial charge is 0.446 e. The van der Waals surface area contributed by atoms with Gasteiger partial charge in [-0.15, -0.1) is 0 Å². The van der Waals surface area contributed by atoms with Gasteiger partial charge in [0.25, 0.3) is 0 Å². The average Bonchev–Trinajstić information content (AvgIpc) is 2.82. The zero-order chi connectivity index (χ0) is 16.4. The highest BCUT2D eigenvalue weighted by Gasteiger charge is 2.46. The fraction of sp³-hybridized carbons (Fsp3) is 0.316. The van der Waals surface area contributed by atoms with Crippen molar-refractivity contribution in [2.75, 3.05) is 20.6 Å². The molecular formula is C19H20FNO2. The number of esters is 1. The van der Waals surface area contributed by atoms with E-state index in [-0.39, 0.29) is 11.8 Å². The molecule has 1 heterocycles. The van der Waals surface area contributed by atoms with E-state index in [0.717, 1.165) is 24.1 Å². The van der Waals surface area contributed by atoms with Gasteiger partial charge in [-0.1, -0.05) is 30.3 Å². The molecule has 2 aromatic rings. The summed E-state index contributed by atoms with van der Waals surface area (Å²) in [5.41, 5.74) is 1.46. The molecule has 0 aromatic heterocycles. The van der Waals surface area contributed by atoms with Gasteiger partial charge in [-0.3, -0.25) is 0 Å². The van der Waals surface area contributed by atoms with Crippen molar-refractivity contribution in [2.45, 2.75) is 18.4 Å². The number of ether oxygens (including phenoxy) is 1.